The molecule has 0 aliphatic carbocycles. The Bertz CT molecular complexity index is 444. The average molecular weight is 264 g/mol. The van der Waals surface area contributed by atoms with Crippen molar-refractivity contribution in [3.8, 4) is 5.75 Å². The maximum absolute atomic E-state index is 12.8. The number of carbonyl (C=O) groups excluding carboxylic acids is 1. The van der Waals surface area contributed by atoms with Crippen molar-refractivity contribution in [1.29, 1.82) is 0 Å². The van der Waals surface area contributed by atoms with Crippen molar-refractivity contribution in [3.63, 3.8) is 0 Å². The van der Waals surface area contributed by atoms with E-state index in [-0.39, 0.29) is 11.3 Å². The number of ether oxygens (including phenoxy) is 1. The molecule has 0 aliphatic heterocycles. The van der Waals surface area contributed by atoms with Crippen molar-refractivity contribution < 1.29 is 27.1 Å². The van der Waals surface area contributed by atoms with E-state index in [1.165, 1.54) is 19.2 Å². The molecule has 0 heterocycles. The van der Waals surface area contributed by atoms with Gasteiger partial charge in [0.25, 0.3) is 0 Å². The molecule has 0 spiro atoms. The Kier molecular flexibility index (Phi) is 4.32. The van der Waals surface area contributed by atoms with Gasteiger partial charge in [0.15, 0.2) is 0 Å². The zero-order valence-corrected chi connectivity index (χ0v) is 9.84. The summed E-state index contributed by atoms with van der Waals surface area (Å²) in [4.78, 5) is 11.2. The molecule has 18 heavy (non-hydrogen) atoms. The van der Waals surface area contributed by atoms with Crippen LogP contribution in [-0.4, -0.2) is 25.2 Å². The molecule has 0 aliphatic rings. The van der Waals surface area contributed by atoms with Crippen molar-refractivity contribution in [2.45, 2.75) is 25.7 Å². The molecule has 0 saturated heterocycles. The molecule has 0 unspecified atom stereocenters. The van der Waals surface area contributed by atoms with E-state index in [0.717, 1.165) is 5.56 Å². The molecule has 1 rings (SSSR count). The summed E-state index contributed by atoms with van der Waals surface area (Å²) in [5.41, 5.74) is 0.891. The molecule has 0 N–H and O–H groups in total. The number of hydrogen-bond acceptors (Lipinski definition) is 2. The van der Waals surface area contributed by atoms with E-state index in [2.05, 4.69) is 0 Å². The van der Waals surface area contributed by atoms with E-state index in [1.54, 1.807) is 13.0 Å². The lowest BCUT2D eigenvalue weighted by Crippen LogP contribution is -2.37. The lowest BCUT2D eigenvalue weighted by atomic mass is 10.0. The van der Waals surface area contributed by atoms with Crippen LogP contribution in [0.4, 0.5) is 17.6 Å². The van der Waals surface area contributed by atoms with E-state index >= 15 is 0 Å². The van der Waals surface area contributed by atoms with Crippen LogP contribution in [0.5, 0.6) is 5.75 Å². The molecule has 0 amide bonds. The monoisotopic (exact) mass is 264 g/mol. The summed E-state index contributed by atoms with van der Waals surface area (Å²) >= 11 is 0. The van der Waals surface area contributed by atoms with Gasteiger partial charge in [-0.15, -0.1) is 0 Å². The highest BCUT2D eigenvalue weighted by Gasteiger charge is 2.48. The second kappa shape index (κ2) is 5.37. The zero-order valence-electron chi connectivity index (χ0n) is 9.84. The van der Waals surface area contributed by atoms with Crippen molar-refractivity contribution in [2.24, 2.45) is 0 Å². The Morgan fingerprint density at radius 3 is 2.50 bits per heavy atom. The first-order valence-electron chi connectivity index (χ1n) is 5.11. The third-order valence-electron chi connectivity index (χ3n) is 2.43. The van der Waals surface area contributed by atoms with Crippen LogP contribution in [0.15, 0.2) is 18.2 Å². The van der Waals surface area contributed by atoms with E-state index in [1.807, 2.05) is 0 Å². The third-order valence-corrected chi connectivity index (χ3v) is 2.43. The Hall–Kier alpha value is -1.59. The highest BCUT2D eigenvalue weighted by atomic mass is 19.3. The molecule has 1 aromatic carbocycles. The van der Waals surface area contributed by atoms with Crippen molar-refractivity contribution >= 4 is 5.78 Å². The fraction of sp³-hybridized carbons (Fsp3) is 0.417. The molecule has 1 aromatic rings. The molecular weight excluding hydrogens is 252 g/mol. The topological polar surface area (TPSA) is 26.3 Å². The fourth-order valence-corrected chi connectivity index (χ4v) is 1.46. The van der Waals surface area contributed by atoms with E-state index in [4.69, 9.17) is 4.74 Å². The highest BCUT2D eigenvalue weighted by molar-refractivity contribution is 5.88. The Balaban J connectivity index is 2.98. The molecule has 6 heteroatoms. The number of rotatable bonds is 5. The maximum Gasteiger partial charge on any atom is 0.364 e. The number of benzene rings is 1. The summed E-state index contributed by atoms with van der Waals surface area (Å²) in [6.07, 6.45) is -4.79. The second-order valence-corrected chi connectivity index (χ2v) is 3.84. The predicted octanol–water partition coefficient (Wildman–Crippen LogP) is 3.02. The van der Waals surface area contributed by atoms with Gasteiger partial charge in [0.2, 0.25) is 5.78 Å². The number of aryl methyl sites for hydroxylation is 1. The number of Topliss-reactive ketones (excluding diaryl/α,β-unsaturated/α-hetero) is 1. The zero-order chi connectivity index (χ0) is 13.9. The van der Waals surface area contributed by atoms with Crippen molar-refractivity contribution in [2.75, 3.05) is 7.11 Å². The number of carbonyl (C=O) groups is 1. The summed E-state index contributed by atoms with van der Waals surface area (Å²) in [5.74, 6) is -6.23. The minimum Gasteiger partial charge on any atom is -0.496 e. The average Bonchev–Trinajstić information content (AvgIpc) is 2.29. The first-order chi connectivity index (χ1) is 8.28. The lowest BCUT2D eigenvalue weighted by molar-refractivity contribution is -0.166. The van der Waals surface area contributed by atoms with Gasteiger partial charge in [-0.3, -0.25) is 4.79 Å². The van der Waals surface area contributed by atoms with Gasteiger partial charge in [-0.05, 0) is 13.0 Å². The Morgan fingerprint density at radius 2 is 2.00 bits per heavy atom. The van der Waals surface area contributed by atoms with Crippen LogP contribution in [-0.2, 0) is 11.2 Å². The molecule has 100 valence electrons. The van der Waals surface area contributed by atoms with E-state index in [9.17, 15) is 22.4 Å². The van der Waals surface area contributed by atoms with E-state index < -0.39 is 24.6 Å². The summed E-state index contributed by atoms with van der Waals surface area (Å²) in [7, 11) is 1.31. The molecule has 0 atom stereocenters. The lowest BCUT2D eigenvalue weighted by Gasteiger charge is -2.15. The Labute approximate surface area is 102 Å². The quantitative estimate of drug-likeness (QED) is 0.764. The normalized spacial score (nSPS) is 11.7. The SMILES string of the molecule is COc1ccc(C)cc1CC(=O)C(F)(F)C(F)F. The largest absolute Gasteiger partial charge is 0.496 e. The van der Waals surface area contributed by atoms with Gasteiger partial charge in [0.05, 0.1) is 7.11 Å². The third kappa shape index (κ3) is 3.00. The van der Waals surface area contributed by atoms with Crippen molar-refractivity contribution in [3.05, 3.63) is 29.3 Å². The van der Waals surface area contributed by atoms with Gasteiger partial charge in [-0.1, -0.05) is 17.7 Å². The van der Waals surface area contributed by atoms with Crippen LogP contribution in [0.2, 0.25) is 0 Å². The van der Waals surface area contributed by atoms with Gasteiger partial charge in [0, 0.05) is 12.0 Å². The number of ketones is 1. The molecule has 0 fully saturated rings. The molecule has 0 bridgehead atoms. The van der Waals surface area contributed by atoms with Gasteiger partial charge >= 0.3 is 12.3 Å². The van der Waals surface area contributed by atoms with E-state index in [0.29, 0.717) is 0 Å². The molecular formula is C12H12F4O2. The smallest absolute Gasteiger partial charge is 0.364 e. The molecule has 0 radical (unpaired) electrons. The minimum absolute atomic E-state index is 0.169. The van der Waals surface area contributed by atoms with Crippen LogP contribution in [0.3, 0.4) is 0 Å². The molecule has 2 nitrogen and oxygen atoms in total. The van der Waals surface area contributed by atoms with Gasteiger partial charge in [-0.25, -0.2) is 8.78 Å². The van der Waals surface area contributed by atoms with Crippen LogP contribution >= 0.6 is 0 Å². The number of methoxy groups -OCH3 is 1. The van der Waals surface area contributed by atoms with Gasteiger partial charge in [-0.2, -0.15) is 8.78 Å². The van der Waals surface area contributed by atoms with Crippen LogP contribution in [0, 0.1) is 6.92 Å². The summed E-state index contributed by atoms with van der Waals surface area (Å²) < 4.78 is 54.6. The Morgan fingerprint density at radius 1 is 1.39 bits per heavy atom. The number of alkyl halides is 4. The number of hydrogen-bond donors (Lipinski definition) is 0. The summed E-state index contributed by atoms with van der Waals surface area (Å²) in [6, 6.07) is 4.62. The first kappa shape index (κ1) is 14.5. The predicted molar refractivity (Wildman–Crippen MR) is 57.4 cm³/mol. The number of halogens is 4. The van der Waals surface area contributed by atoms with Gasteiger partial charge < -0.3 is 4.74 Å². The second-order valence-electron chi connectivity index (χ2n) is 3.84. The maximum atomic E-state index is 12.8. The minimum atomic E-state index is -4.63. The van der Waals surface area contributed by atoms with Crippen LogP contribution < -0.4 is 4.74 Å². The summed E-state index contributed by atoms with van der Waals surface area (Å²) in [6.45, 7) is 1.69. The molecule has 0 aromatic heterocycles. The van der Waals surface area contributed by atoms with Gasteiger partial charge in [0.1, 0.15) is 5.75 Å². The standard InChI is InChI=1S/C12H12F4O2/c1-7-3-4-9(18-2)8(5-7)6-10(17)12(15,16)11(13)14/h3-5,11H,6H2,1-2H3. The van der Waals surface area contributed by atoms with Crippen molar-refractivity contribution in [1.82, 2.24) is 0 Å². The highest BCUT2D eigenvalue weighted by Crippen LogP contribution is 2.28. The first-order valence-corrected chi connectivity index (χ1v) is 5.11. The summed E-state index contributed by atoms with van der Waals surface area (Å²) in [5, 5.41) is 0. The van der Waals surface area contributed by atoms with Crippen LogP contribution in [0.25, 0.3) is 0 Å². The molecule has 0 saturated carbocycles. The fourth-order valence-electron chi connectivity index (χ4n) is 1.46. The van der Waals surface area contributed by atoms with Crippen LogP contribution in [0.1, 0.15) is 11.1 Å².